The predicted octanol–water partition coefficient (Wildman–Crippen LogP) is 3.14. The molecule has 0 saturated carbocycles. The van der Waals surface area contributed by atoms with Crippen LogP contribution >= 0.6 is 0 Å². The first-order chi connectivity index (χ1) is 15.0. The van der Waals surface area contributed by atoms with Crippen LogP contribution in [0, 0.1) is 0 Å². The predicted molar refractivity (Wildman–Crippen MR) is 122 cm³/mol. The number of carbonyl (C=O) groups excluding carboxylic acids is 2. The molecule has 0 aliphatic rings. The molecular weight excluding hydrogens is 390 g/mol. The van der Waals surface area contributed by atoms with Crippen LogP contribution in [0.4, 0.5) is 0 Å². The van der Waals surface area contributed by atoms with Crippen molar-refractivity contribution < 1.29 is 9.59 Å². The molecule has 0 bridgehead atoms. The smallest absolute Gasteiger partial charge is 0.329 e. The number of hydrogen-bond acceptors (Lipinski definition) is 4. The maximum absolute atomic E-state index is 11.9. The summed E-state index contributed by atoms with van der Waals surface area (Å²) in [5.41, 5.74) is 7.09. The largest absolute Gasteiger partial charge is 0.346 e. The molecule has 0 saturated heterocycles. The molecule has 0 spiro atoms. The topological polar surface area (TPSA) is 88.4 Å². The number of nitrogens with one attached hydrogen (secondary N) is 2. The maximum Gasteiger partial charge on any atom is 0.329 e. The van der Waals surface area contributed by atoms with Crippen molar-refractivity contribution in [2.45, 2.75) is 39.8 Å². The summed E-state index contributed by atoms with van der Waals surface area (Å²) < 4.78 is 1.84. The van der Waals surface area contributed by atoms with Crippen molar-refractivity contribution in [3.63, 3.8) is 0 Å². The molecular formula is C24H27N5O2. The third-order valence-corrected chi connectivity index (χ3v) is 4.61. The molecule has 3 aromatic rings. The minimum Gasteiger partial charge on any atom is -0.346 e. The Morgan fingerprint density at radius 1 is 1.03 bits per heavy atom. The molecule has 7 nitrogen and oxygen atoms in total. The van der Waals surface area contributed by atoms with Gasteiger partial charge in [-0.15, -0.1) is 0 Å². The molecule has 0 aliphatic heterocycles. The van der Waals surface area contributed by atoms with E-state index in [4.69, 9.17) is 5.10 Å². The molecule has 0 atom stereocenters. The van der Waals surface area contributed by atoms with Crippen LogP contribution in [0.2, 0.25) is 0 Å². The number of hydrogen-bond donors (Lipinski definition) is 2. The fourth-order valence-corrected chi connectivity index (χ4v) is 3.04. The van der Waals surface area contributed by atoms with Crippen molar-refractivity contribution in [2.75, 3.05) is 0 Å². The van der Waals surface area contributed by atoms with E-state index >= 15 is 0 Å². The van der Waals surface area contributed by atoms with E-state index in [1.807, 2.05) is 53.3 Å². The average Bonchev–Trinajstić information content (AvgIpc) is 3.16. The van der Waals surface area contributed by atoms with Gasteiger partial charge in [0.2, 0.25) is 0 Å². The molecule has 2 amide bonds. The highest BCUT2D eigenvalue weighted by Crippen LogP contribution is 2.22. The van der Waals surface area contributed by atoms with Crippen molar-refractivity contribution in [3.8, 4) is 11.3 Å². The number of aromatic nitrogens is 2. The number of benzene rings is 2. The zero-order chi connectivity index (χ0) is 22.2. The van der Waals surface area contributed by atoms with Crippen LogP contribution < -0.4 is 10.7 Å². The molecule has 0 radical (unpaired) electrons. The van der Waals surface area contributed by atoms with E-state index in [0.29, 0.717) is 6.54 Å². The average molecular weight is 418 g/mol. The van der Waals surface area contributed by atoms with Gasteiger partial charge in [0, 0.05) is 23.4 Å². The van der Waals surface area contributed by atoms with Gasteiger partial charge in [0.1, 0.15) is 5.69 Å². The summed E-state index contributed by atoms with van der Waals surface area (Å²) >= 11 is 0. The molecule has 3 rings (SSSR count). The summed E-state index contributed by atoms with van der Waals surface area (Å²) in [5.74, 6) is -1.53. The summed E-state index contributed by atoms with van der Waals surface area (Å²) in [4.78, 5) is 23.6. The van der Waals surface area contributed by atoms with Crippen LogP contribution in [0.5, 0.6) is 0 Å². The van der Waals surface area contributed by atoms with Gasteiger partial charge in [-0.1, -0.05) is 61.5 Å². The van der Waals surface area contributed by atoms with Crippen molar-refractivity contribution in [2.24, 2.45) is 5.10 Å². The zero-order valence-electron chi connectivity index (χ0n) is 18.0. The Hall–Kier alpha value is -3.74. The molecule has 0 unspecified atom stereocenters. The standard InChI is InChI=1S/C24H27N5O2/c1-4-18-10-12-20(13-11-18)22-21(14-25-27-24(31)23(30)26-17(2)3)16-29(28-22)15-19-8-6-5-7-9-19/h5-14,16-17H,4,15H2,1-3H3,(H,26,30)(H,27,31)/b25-14-. The normalized spacial score (nSPS) is 11.1. The van der Waals surface area contributed by atoms with Gasteiger partial charge in [0.05, 0.1) is 12.8 Å². The number of amides is 2. The van der Waals surface area contributed by atoms with E-state index in [1.54, 1.807) is 13.8 Å². The van der Waals surface area contributed by atoms with Gasteiger partial charge in [0.25, 0.3) is 0 Å². The zero-order valence-corrected chi connectivity index (χ0v) is 18.0. The van der Waals surface area contributed by atoms with E-state index in [1.165, 1.54) is 11.8 Å². The molecule has 0 fully saturated rings. The second kappa shape index (κ2) is 10.3. The molecule has 7 heteroatoms. The minimum absolute atomic E-state index is 0.129. The van der Waals surface area contributed by atoms with Crippen molar-refractivity contribution >= 4 is 18.0 Å². The summed E-state index contributed by atoms with van der Waals surface area (Å²) in [6.45, 7) is 6.29. The summed E-state index contributed by atoms with van der Waals surface area (Å²) in [5, 5.41) is 11.2. The summed E-state index contributed by atoms with van der Waals surface area (Å²) in [6, 6.07) is 18.1. The lowest BCUT2D eigenvalue weighted by Gasteiger charge is -2.06. The van der Waals surface area contributed by atoms with Crippen LogP contribution in [0.15, 0.2) is 65.9 Å². The molecule has 31 heavy (non-hydrogen) atoms. The van der Waals surface area contributed by atoms with Crippen molar-refractivity contribution in [3.05, 3.63) is 77.5 Å². The van der Waals surface area contributed by atoms with Crippen molar-refractivity contribution in [1.29, 1.82) is 0 Å². The molecule has 160 valence electrons. The SMILES string of the molecule is CCc1ccc(-c2nn(Cc3ccccc3)cc2/C=N\NC(=O)C(=O)NC(C)C)cc1. The fraction of sp³-hybridized carbons (Fsp3) is 0.250. The lowest BCUT2D eigenvalue weighted by Crippen LogP contribution is -2.41. The molecule has 2 N–H and O–H groups in total. The Bertz CT molecular complexity index is 1050. The number of rotatable bonds is 7. The van der Waals surface area contributed by atoms with Gasteiger partial charge in [0.15, 0.2) is 0 Å². The van der Waals surface area contributed by atoms with E-state index in [0.717, 1.165) is 28.8 Å². The van der Waals surface area contributed by atoms with E-state index < -0.39 is 11.8 Å². The highest BCUT2D eigenvalue weighted by atomic mass is 16.2. The number of hydrazone groups is 1. The van der Waals surface area contributed by atoms with Gasteiger partial charge in [-0.25, -0.2) is 5.43 Å². The lowest BCUT2D eigenvalue weighted by atomic mass is 10.1. The second-order valence-electron chi connectivity index (χ2n) is 7.49. The van der Waals surface area contributed by atoms with Gasteiger partial charge in [-0.3, -0.25) is 14.3 Å². The van der Waals surface area contributed by atoms with Gasteiger partial charge < -0.3 is 5.32 Å². The molecule has 1 heterocycles. The Kier molecular flexibility index (Phi) is 7.32. The second-order valence-corrected chi connectivity index (χ2v) is 7.49. The van der Waals surface area contributed by atoms with Crippen LogP contribution in [0.1, 0.15) is 37.5 Å². The number of nitrogens with zero attached hydrogens (tertiary/aromatic N) is 3. The number of carbonyl (C=O) groups is 2. The van der Waals surface area contributed by atoms with Gasteiger partial charge >= 0.3 is 11.8 Å². The summed E-state index contributed by atoms with van der Waals surface area (Å²) in [6.07, 6.45) is 4.35. The minimum atomic E-state index is -0.810. The monoisotopic (exact) mass is 417 g/mol. The highest BCUT2D eigenvalue weighted by Gasteiger charge is 2.14. The van der Waals surface area contributed by atoms with E-state index in [2.05, 4.69) is 34.9 Å². The fourth-order valence-electron chi connectivity index (χ4n) is 3.04. The van der Waals surface area contributed by atoms with Crippen LogP contribution in [0.25, 0.3) is 11.3 Å². The summed E-state index contributed by atoms with van der Waals surface area (Å²) in [7, 11) is 0. The molecule has 1 aromatic heterocycles. The highest BCUT2D eigenvalue weighted by molar-refractivity contribution is 6.35. The molecule has 0 aliphatic carbocycles. The third kappa shape index (κ3) is 6.12. The van der Waals surface area contributed by atoms with E-state index in [-0.39, 0.29) is 6.04 Å². The van der Waals surface area contributed by atoms with E-state index in [9.17, 15) is 9.59 Å². The Morgan fingerprint density at radius 2 is 1.74 bits per heavy atom. The quantitative estimate of drug-likeness (QED) is 0.352. The maximum atomic E-state index is 11.9. The first kappa shape index (κ1) is 22.0. The van der Waals surface area contributed by atoms with Crippen molar-refractivity contribution in [1.82, 2.24) is 20.5 Å². The Balaban J connectivity index is 1.84. The Labute approximate surface area is 182 Å². The van der Waals surface area contributed by atoms with Gasteiger partial charge in [-0.2, -0.15) is 10.2 Å². The lowest BCUT2D eigenvalue weighted by molar-refractivity contribution is -0.139. The van der Waals surface area contributed by atoms with Crippen LogP contribution in [0.3, 0.4) is 0 Å². The molecule has 2 aromatic carbocycles. The van der Waals surface area contributed by atoms with Crippen LogP contribution in [-0.4, -0.2) is 33.9 Å². The first-order valence-corrected chi connectivity index (χ1v) is 10.3. The van der Waals surface area contributed by atoms with Gasteiger partial charge in [-0.05, 0) is 31.4 Å². The van der Waals surface area contributed by atoms with Crippen LogP contribution in [-0.2, 0) is 22.6 Å². The number of aryl methyl sites for hydroxylation is 1. The third-order valence-electron chi connectivity index (χ3n) is 4.61. The first-order valence-electron chi connectivity index (χ1n) is 10.3. The Morgan fingerprint density at radius 3 is 2.39 bits per heavy atom.